The Morgan fingerprint density at radius 2 is 2.19 bits per heavy atom. The molecule has 1 aromatic rings. The first-order chi connectivity index (χ1) is 10.2. The minimum atomic E-state index is -0.884. The van der Waals surface area contributed by atoms with Crippen LogP contribution in [0, 0.1) is 0 Å². The molecule has 3 rings (SSSR count). The molecular formula is C16H22N2O3. The second-order valence-corrected chi connectivity index (χ2v) is 5.88. The number of hydrogen-bond donors (Lipinski definition) is 2. The highest BCUT2D eigenvalue weighted by molar-refractivity contribution is 5.87. The zero-order chi connectivity index (χ0) is 14.7. The van der Waals surface area contributed by atoms with Crippen LogP contribution in [0.25, 0.3) is 0 Å². The summed E-state index contributed by atoms with van der Waals surface area (Å²) in [6, 6.07) is 7.64. The molecule has 2 atom stereocenters. The van der Waals surface area contributed by atoms with Crippen molar-refractivity contribution in [2.24, 2.45) is 0 Å². The number of carbonyl (C=O) groups is 1. The summed E-state index contributed by atoms with van der Waals surface area (Å²) in [6.07, 6.45) is 2.83. The minimum absolute atomic E-state index is 0.262. The van der Waals surface area contributed by atoms with E-state index in [2.05, 4.69) is 10.2 Å². The molecule has 21 heavy (non-hydrogen) atoms. The molecule has 0 saturated carbocycles. The summed E-state index contributed by atoms with van der Waals surface area (Å²) in [5.74, 6) is -0.884. The quantitative estimate of drug-likeness (QED) is 0.857. The van der Waals surface area contributed by atoms with Gasteiger partial charge in [0, 0.05) is 25.7 Å². The van der Waals surface area contributed by atoms with Crippen molar-refractivity contribution in [3.8, 4) is 0 Å². The van der Waals surface area contributed by atoms with Gasteiger partial charge in [-0.2, -0.15) is 0 Å². The standard InChI is InChI=1S/C16H22N2O3/c19-16(20)13-5-3-12(4-6-13)8-17-9-15-10-18-7-1-2-14(18)11-21-15/h3-6,14-15,17H,1-2,7-11H2,(H,19,20). The molecule has 2 fully saturated rings. The molecule has 2 saturated heterocycles. The Kier molecular flexibility index (Phi) is 4.53. The lowest BCUT2D eigenvalue weighted by Crippen LogP contribution is -2.49. The van der Waals surface area contributed by atoms with Crippen molar-refractivity contribution in [3.63, 3.8) is 0 Å². The molecule has 2 N–H and O–H groups in total. The van der Waals surface area contributed by atoms with E-state index in [1.54, 1.807) is 12.1 Å². The average molecular weight is 290 g/mol. The van der Waals surface area contributed by atoms with Gasteiger partial charge in [-0.05, 0) is 37.1 Å². The molecule has 2 unspecified atom stereocenters. The topological polar surface area (TPSA) is 61.8 Å². The Balaban J connectivity index is 1.42. The third-order valence-electron chi connectivity index (χ3n) is 4.36. The van der Waals surface area contributed by atoms with Gasteiger partial charge >= 0.3 is 5.97 Å². The third-order valence-corrected chi connectivity index (χ3v) is 4.36. The van der Waals surface area contributed by atoms with E-state index in [1.807, 2.05) is 12.1 Å². The Morgan fingerprint density at radius 1 is 1.38 bits per heavy atom. The van der Waals surface area contributed by atoms with E-state index in [0.717, 1.165) is 31.8 Å². The predicted molar refractivity (Wildman–Crippen MR) is 79.4 cm³/mol. The molecular weight excluding hydrogens is 268 g/mol. The fourth-order valence-corrected chi connectivity index (χ4v) is 3.15. The highest BCUT2D eigenvalue weighted by Gasteiger charge is 2.31. The van der Waals surface area contributed by atoms with Crippen LogP contribution < -0.4 is 5.32 Å². The highest BCUT2D eigenvalue weighted by Crippen LogP contribution is 2.22. The number of hydrogen-bond acceptors (Lipinski definition) is 4. The number of benzene rings is 1. The van der Waals surface area contributed by atoms with Crippen LogP contribution in [0.1, 0.15) is 28.8 Å². The number of nitrogens with zero attached hydrogens (tertiary/aromatic N) is 1. The fraction of sp³-hybridized carbons (Fsp3) is 0.562. The molecule has 5 heteroatoms. The van der Waals surface area contributed by atoms with E-state index < -0.39 is 5.97 Å². The van der Waals surface area contributed by atoms with Crippen LogP contribution in [0.2, 0.25) is 0 Å². The molecule has 5 nitrogen and oxygen atoms in total. The van der Waals surface area contributed by atoms with Gasteiger partial charge in [-0.1, -0.05) is 12.1 Å². The van der Waals surface area contributed by atoms with Crippen molar-refractivity contribution in [1.82, 2.24) is 10.2 Å². The lowest BCUT2D eigenvalue weighted by atomic mass is 10.1. The molecule has 2 aliphatic heterocycles. The van der Waals surface area contributed by atoms with Crippen LogP contribution in [0.3, 0.4) is 0 Å². The molecule has 2 aliphatic rings. The molecule has 114 valence electrons. The number of aromatic carboxylic acids is 1. The van der Waals surface area contributed by atoms with Crippen molar-refractivity contribution in [2.75, 3.05) is 26.2 Å². The Labute approximate surface area is 124 Å². The van der Waals surface area contributed by atoms with Crippen molar-refractivity contribution in [2.45, 2.75) is 31.5 Å². The summed E-state index contributed by atoms with van der Waals surface area (Å²) < 4.78 is 5.90. The van der Waals surface area contributed by atoms with E-state index in [9.17, 15) is 4.79 Å². The second kappa shape index (κ2) is 6.56. The van der Waals surface area contributed by atoms with Crippen LogP contribution in [0.4, 0.5) is 0 Å². The van der Waals surface area contributed by atoms with E-state index in [1.165, 1.54) is 19.4 Å². The maximum atomic E-state index is 10.8. The minimum Gasteiger partial charge on any atom is -0.478 e. The zero-order valence-electron chi connectivity index (χ0n) is 12.1. The maximum absolute atomic E-state index is 10.8. The van der Waals surface area contributed by atoms with Crippen molar-refractivity contribution < 1.29 is 14.6 Å². The number of nitrogens with one attached hydrogen (secondary N) is 1. The van der Waals surface area contributed by atoms with Crippen LogP contribution in [-0.4, -0.2) is 54.4 Å². The smallest absolute Gasteiger partial charge is 0.335 e. The van der Waals surface area contributed by atoms with Crippen LogP contribution in [-0.2, 0) is 11.3 Å². The number of carboxylic acids is 1. The first kappa shape index (κ1) is 14.5. The van der Waals surface area contributed by atoms with Gasteiger partial charge in [-0.15, -0.1) is 0 Å². The highest BCUT2D eigenvalue weighted by atomic mass is 16.5. The van der Waals surface area contributed by atoms with Crippen LogP contribution in [0.5, 0.6) is 0 Å². The van der Waals surface area contributed by atoms with Crippen molar-refractivity contribution >= 4 is 5.97 Å². The number of rotatable bonds is 5. The number of morpholine rings is 1. The largest absolute Gasteiger partial charge is 0.478 e. The zero-order valence-corrected chi connectivity index (χ0v) is 12.1. The van der Waals surface area contributed by atoms with Gasteiger partial charge in [0.25, 0.3) is 0 Å². The first-order valence-corrected chi connectivity index (χ1v) is 7.61. The number of ether oxygens (including phenoxy) is 1. The van der Waals surface area contributed by atoms with E-state index in [0.29, 0.717) is 11.6 Å². The van der Waals surface area contributed by atoms with Crippen molar-refractivity contribution in [1.29, 1.82) is 0 Å². The summed E-state index contributed by atoms with van der Waals surface area (Å²) in [5, 5.41) is 12.3. The molecule has 0 radical (unpaired) electrons. The van der Waals surface area contributed by atoms with Gasteiger partial charge in [0.15, 0.2) is 0 Å². The van der Waals surface area contributed by atoms with Crippen LogP contribution in [0.15, 0.2) is 24.3 Å². The van der Waals surface area contributed by atoms with Crippen LogP contribution >= 0.6 is 0 Å². The summed E-state index contributed by atoms with van der Waals surface area (Å²) in [7, 11) is 0. The number of fused-ring (bicyclic) bond motifs is 1. The average Bonchev–Trinajstić information content (AvgIpc) is 2.95. The molecule has 0 bridgehead atoms. The second-order valence-electron chi connectivity index (χ2n) is 5.88. The summed E-state index contributed by atoms with van der Waals surface area (Å²) in [5.41, 5.74) is 1.42. The lowest BCUT2D eigenvalue weighted by Gasteiger charge is -2.35. The normalized spacial score (nSPS) is 25.7. The predicted octanol–water partition coefficient (Wildman–Crippen LogP) is 1.34. The SMILES string of the molecule is O=C(O)c1ccc(CNCC2CN3CCCC3CO2)cc1. The summed E-state index contributed by atoms with van der Waals surface area (Å²) >= 11 is 0. The first-order valence-electron chi connectivity index (χ1n) is 7.61. The lowest BCUT2D eigenvalue weighted by molar-refractivity contribution is -0.0470. The number of carboxylic acid groups (broad SMARTS) is 1. The van der Waals surface area contributed by atoms with E-state index in [4.69, 9.17) is 9.84 Å². The van der Waals surface area contributed by atoms with E-state index >= 15 is 0 Å². The summed E-state index contributed by atoms with van der Waals surface area (Å²) in [4.78, 5) is 13.3. The van der Waals surface area contributed by atoms with Gasteiger partial charge in [0.05, 0.1) is 18.3 Å². The van der Waals surface area contributed by atoms with Gasteiger partial charge in [0.2, 0.25) is 0 Å². The summed E-state index contributed by atoms with van der Waals surface area (Å²) in [6.45, 7) is 4.67. The molecule has 0 amide bonds. The molecule has 1 aromatic carbocycles. The third kappa shape index (κ3) is 3.61. The molecule has 0 aliphatic carbocycles. The van der Waals surface area contributed by atoms with Gasteiger partial charge in [-0.3, -0.25) is 4.90 Å². The van der Waals surface area contributed by atoms with Crippen molar-refractivity contribution in [3.05, 3.63) is 35.4 Å². The molecule has 0 aromatic heterocycles. The Bertz CT molecular complexity index is 489. The molecule has 2 heterocycles. The Hall–Kier alpha value is -1.43. The van der Waals surface area contributed by atoms with Gasteiger partial charge in [-0.25, -0.2) is 4.79 Å². The van der Waals surface area contributed by atoms with E-state index in [-0.39, 0.29) is 6.10 Å². The maximum Gasteiger partial charge on any atom is 0.335 e. The van der Waals surface area contributed by atoms with Gasteiger partial charge in [0.1, 0.15) is 0 Å². The molecule has 0 spiro atoms. The monoisotopic (exact) mass is 290 g/mol. The van der Waals surface area contributed by atoms with Gasteiger partial charge < -0.3 is 15.2 Å². The Morgan fingerprint density at radius 3 is 2.95 bits per heavy atom. The fourth-order valence-electron chi connectivity index (χ4n) is 3.15.